The van der Waals surface area contributed by atoms with E-state index in [4.69, 9.17) is 0 Å². The second-order valence-electron chi connectivity index (χ2n) is 5.68. The van der Waals surface area contributed by atoms with E-state index in [1.807, 2.05) is 6.92 Å². The van der Waals surface area contributed by atoms with Crippen LogP contribution in [0.5, 0.6) is 0 Å². The number of fused-ring (bicyclic) bond motifs is 1. The first-order valence-electron chi connectivity index (χ1n) is 7.92. The Balaban J connectivity index is 2.40. The molecule has 0 saturated carbocycles. The molecule has 0 unspecified atom stereocenters. The van der Waals surface area contributed by atoms with Gasteiger partial charge in [0, 0.05) is 0 Å². The number of aliphatic carboxylic acids is 1. The number of hydrogen-bond acceptors (Lipinski definition) is 5. The van der Waals surface area contributed by atoms with Gasteiger partial charge in [-0.1, -0.05) is 31.9 Å². The number of nitrogens with zero attached hydrogens (tertiary/aromatic N) is 2. The first-order chi connectivity index (χ1) is 11.5. The van der Waals surface area contributed by atoms with E-state index in [1.54, 1.807) is 24.3 Å². The van der Waals surface area contributed by atoms with E-state index in [-0.39, 0.29) is 5.56 Å². The summed E-state index contributed by atoms with van der Waals surface area (Å²) < 4.78 is 1.27. The second kappa shape index (κ2) is 7.72. The Labute approximate surface area is 139 Å². The third-order valence-corrected chi connectivity index (χ3v) is 3.87. The lowest BCUT2D eigenvalue weighted by molar-refractivity contribution is -0.307. The van der Waals surface area contributed by atoms with Crippen LogP contribution in [0.4, 0.5) is 0 Å². The van der Waals surface area contributed by atoms with Crippen molar-refractivity contribution in [3.05, 3.63) is 40.9 Å². The molecule has 0 spiro atoms. The lowest BCUT2D eigenvalue weighted by Gasteiger charge is -2.22. The number of carboxylic acid groups (broad SMARTS) is 1. The fraction of sp³-hybridized carbons (Fsp3) is 0.412. The number of para-hydroxylation sites is 1. The molecule has 0 aliphatic rings. The average Bonchev–Trinajstić information content (AvgIpc) is 2.57. The van der Waals surface area contributed by atoms with Crippen LogP contribution in [0.3, 0.4) is 0 Å². The van der Waals surface area contributed by atoms with Crippen molar-refractivity contribution in [2.24, 2.45) is 0 Å². The highest BCUT2D eigenvalue weighted by atomic mass is 16.4. The van der Waals surface area contributed by atoms with Crippen molar-refractivity contribution < 1.29 is 14.7 Å². The van der Waals surface area contributed by atoms with E-state index in [1.165, 1.54) is 17.8 Å². The summed E-state index contributed by atoms with van der Waals surface area (Å²) in [6.07, 6.45) is 3.32. The zero-order chi connectivity index (χ0) is 17.7. The molecule has 0 saturated heterocycles. The van der Waals surface area contributed by atoms with Gasteiger partial charge in [-0.3, -0.25) is 14.2 Å². The van der Waals surface area contributed by atoms with Crippen molar-refractivity contribution in [1.82, 2.24) is 14.9 Å². The molecule has 1 amide bonds. The summed E-state index contributed by atoms with van der Waals surface area (Å²) in [5, 5.41) is 13.6. The summed E-state index contributed by atoms with van der Waals surface area (Å²) >= 11 is 0. The molecule has 1 aromatic heterocycles. The van der Waals surface area contributed by atoms with E-state index < -0.39 is 24.0 Å². The predicted molar refractivity (Wildman–Crippen MR) is 87.2 cm³/mol. The van der Waals surface area contributed by atoms with Gasteiger partial charge in [-0.25, -0.2) is 4.98 Å². The maximum absolute atomic E-state index is 12.7. The smallest absolute Gasteiger partial charge is 0.261 e. The van der Waals surface area contributed by atoms with Gasteiger partial charge in [0.25, 0.3) is 5.56 Å². The molecule has 0 aliphatic carbocycles. The summed E-state index contributed by atoms with van der Waals surface area (Å²) in [4.78, 5) is 40.2. The maximum Gasteiger partial charge on any atom is 0.261 e. The molecule has 24 heavy (non-hydrogen) atoms. The Morgan fingerprint density at radius 2 is 2.04 bits per heavy atom. The van der Waals surface area contributed by atoms with E-state index >= 15 is 0 Å². The summed E-state index contributed by atoms with van der Waals surface area (Å²) in [5.74, 6) is -1.90. The van der Waals surface area contributed by atoms with Crippen LogP contribution in [0, 0.1) is 0 Å². The summed E-state index contributed by atoms with van der Waals surface area (Å²) in [5.41, 5.74) is 0.231. The number of rotatable bonds is 7. The number of benzene rings is 1. The molecule has 1 aromatic carbocycles. The third kappa shape index (κ3) is 3.79. The van der Waals surface area contributed by atoms with Crippen LogP contribution in [-0.2, 0) is 9.59 Å². The van der Waals surface area contributed by atoms with Crippen LogP contribution in [0.1, 0.15) is 39.2 Å². The topological polar surface area (TPSA) is 104 Å². The maximum atomic E-state index is 12.7. The van der Waals surface area contributed by atoms with Crippen molar-refractivity contribution in [3.8, 4) is 0 Å². The molecular weight excluding hydrogens is 310 g/mol. The lowest BCUT2D eigenvalue weighted by atomic mass is 10.1. The number of nitrogens with one attached hydrogen (secondary N) is 1. The minimum atomic E-state index is -1.37. The van der Waals surface area contributed by atoms with Gasteiger partial charge in [-0.2, -0.15) is 0 Å². The van der Waals surface area contributed by atoms with Gasteiger partial charge in [-0.15, -0.1) is 0 Å². The van der Waals surface area contributed by atoms with Crippen molar-refractivity contribution in [2.75, 3.05) is 0 Å². The summed E-state index contributed by atoms with van der Waals surface area (Å²) in [7, 11) is 0. The van der Waals surface area contributed by atoms with Gasteiger partial charge in [0.15, 0.2) is 0 Å². The average molecular weight is 330 g/mol. The van der Waals surface area contributed by atoms with Gasteiger partial charge in [0.1, 0.15) is 6.04 Å². The fourth-order valence-corrected chi connectivity index (χ4v) is 2.47. The van der Waals surface area contributed by atoms with E-state index in [0.717, 1.165) is 12.8 Å². The number of carboxylic acids is 1. The number of hydrogen-bond donors (Lipinski definition) is 1. The molecule has 0 radical (unpaired) electrons. The molecule has 7 heteroatoms. The van der Waals surface area contributed by atoms with E-state index in [0.29, 0.717) is 17.3 Å². The van der Waals surface area contributed by atoms with Crippen LogP contribution in [0.25, 0.3) is 10.9 Å². The molecule has 2 atom stereocenters. The molecule has 1 N–H and O–H groups in total. The van der Waals surface area contributed by atoms with Gasteiger partial charge in [0.2, 0.25) is 5.91 Å². The minimum absolute atomic E-state index is 0.321. The molecule has 7 nitrogen and oxygen atoms in total. The van der Waals surface area contributed by atoms with Crippen LogP contribution in [-0.4, -0.2) is 27.5 Å². The molecule has 0 aliphatic heterocycles. The first-order valence-corrected chi connectivity index (χ1v) is 7.92. The molecule has 2 rings (SSSR count). The standard InChI is InChI=1S/C17H21N3O4/c1-3-4-9-14(15(21)19-11(2)17(23)24)20-10-18-13-8-6-5-7-12(13)16(20)22/h5-8,10-11,14H,3-4,9H2,1-2H3,(H,19,21)(H,23,24)/p-1/t11-,14-/m0/s1. The minimum Gasteiger partial charge on any atom is -0.548 e. The zero-order valence-corrected chi connectivity index (χ0v) is 13.7. The number of carbonyl (C=O) groups is 2. The molecule has 0 bridgehead atoms. The largest absolute Gasteiger partial charge is 0.548 e. The van der Waals surface area contributed by atoms with Gasteiger partial charge < -0.3 is 15.2 Å². The highest BCUT2D eigenvalue weighted by Crippen LogP contribution is 2.15. The van der Waals surface area contributed by atoms with Gasteiger partial charge in [0.05, 0.1) is 29.2 Å². The molecular formula is C17H20N3O4-. The Kier molecular flexibility index (Phi) is 5.68. The monoisotopic (exact) mass is 330 g/mol. The Hall–Kier alpha value is -2.70. The first kappa shape index (κ1) is 17.7. The Bertz CT molecular complexity index is 800. The Morgan fingerprint density at radius 1 is 1.33 bits per heavy atom. The normalized spacial score (nSPS) is 13.4. The third-order valence-electron chi connectivity index (χ3n) is 3.87. The van der Waals surface area contributed by atoms with Crippen molar-refractivity contribution in [1.29, 1.82) is 0 Å². The van der Waals surface area contributed by atoms with Crippen molar-refractivity contribution in [2.45, 2.75) is 45.2 Å². The highest BCUT2D eigenvalue weighted by Gasteiger charge is 2.23. The van der Waals surface area contributed by atoms with Gasteiger partial charge >= 0.3 is 0 Å². The van der Waals surface area contributed by atoms with Crippen LogP contribution in [0.15, 0.2) is 35.4 Å². The van der Waals surface area contributed by atoms with E-state index in [2.05, 4.69) is 10.3 Å². The number of aromatic nitrogens is 2. The SMILES string of the molecule is CCCC[C@@H](C(=O)N[C@@H](C)C(=O)[O-])n1cnc2ccccc2c1=O. The Morgan fingerprint density at radius 3 is 2.71 bits per heavy atom. The fourth-order valence-electron chi connectivity index (χ4n) is 2.47. The number of amides is 1. The van der Waals surface area contributed by atoms with Crippen molar-refractivity contribution in [3.63, 3.8) is 0 Å². The van der Waals surface area contributed by atoms with Gasteiger partial charge in [-0.05, 0) is 25.5 Å². The number of carbonyl (C=O) groups excluding carboxylic acids is 2. The highest BCUT2D eigenvalue weighted by molar-refractivity contribution is 5.85. The number of unbranched alkanes of at least 4 members (excludes halogenated alkanes) is 1. The summed E-state index contributed by atoms with van der Waals surface area (Å²) in [6.45, 7) is 3.30. The lowest BCUT2D eigenvalue weighted by Crippen LogP contribution is -2.48. The molecule has 128 valence electrons. The van der Waals surface area contributed by atoms with Crippen LogP contribution in [0.2, 0.25) is 0 Å². The van der Waals surface area contributed by atoms with Crippen molar-refractivity contribution >= 4 is 22.8 Å². The molecule has 1 heterocycles. The summed E-state index contributed by atoms with van der Waals surface area (Å²) in [6, 6.07) is 4.94. The van der Waals surface area contributed by atoms with Crippen LogP contribution < -0.4 is 16.0 Å². The molecule has 0 fully saturated rings. The predicted octanol–water partition coefficient (Wildman–Crippen LogP) is 0.382. The quantitative estimate of drug-likeness (QED) is 0.790. The zero-order valence-electron chi connectivity index (χ0n) is 13.7. The van der Waals surface area contributed by atoms with Crippen LogP contribution >= 0.6 is 0 Å². The second-order valence-corrected chi connectivity index (χ2v) is 5.68. The molecule has 2 aromatic rings. The van der Waals surface area contributed by atoms with E-state index in [9.17, 15) is 19.5 Å².